The summed E-state index contributed by atoms with van der Waals surface area (Å²) in [6, 6.07) is 0. The number of carbonyl (C=O) groups is 1. The Hall–Kier alpha value is -0.720. The lowest BCUT2D eigenvalue weighted by Crippen LogP contribution is -2.32. The monoisotopic (exact) mass is 244 g/mol. The molecule has 0 saturated heterocycles. The molecule has 1 N–H and O–H groups in total. The Morgan fingerprint density at radius 1 is 1.33 bits per heavy atom. The molecule has 1 atom stereocenters. The molecular weight excluding hydrogens is 230 g/mol. The molecule has 0 amide bonds. The lowest BCUT2D eigenvalue weighted by Gasteiger charge is -2.11. The molecule has 0 bridgehead atoms. The van der Waals surface area contributed by atoms with Crippen LogP contribution >= 0.6 is 0 Å². The van der Waals surface area contributed by atoms with Crippen LogP contribution in [0.1, 0.15) is 26.2 Å². The molecule has 0 fully saturated rings. The summed E-state index contributed by atoms with van der Waals surface area (Å²) in [5.41, 5.74) is 0. The normalized spacial score (nSPS) is 14.1. The van der Waals surface area contributed by atoms with E-state index in [1.54, 1.807) is 6.92 Å². The van der Waals surface area contributed by atoms with Gasteiger partial charge in [0, 0.05) is 6.42 Å². The zero-order chi connectivity index (χ0) is 12.1. The molecule has 4 nitrogen and oxygen atoms in total. The van der Waals surface area contributed by atoms with Crippen LogP contribution in [-0.4, -0.2) is 36.9 Å². The molecule has 15 heavy (non-hydrogen) atoms. The third kappa shape index (κ3) is 5.06. The first kappa shape index (κ1) is 14.3. The average molecular weight is 244 g/mol. The van der Waals surface area contributed by atoms with E-state index in [0.717, 1.165) is 0 Å². The predicted octanol–water partition coefficient (Wildman–Crippen LogP) is 1.31. The van der Waals surface area contributed by atoms with Gasteiger partial charge in [-0.3, -0.25) is 4.79 Å². The molecule has 0 aromatic rings. The Morgan fingerprint density at radius 2 is 1.87 bits per heavy atom. The highest BCUT2D eigenvalue weighted by Gasteiger charge is 2.31. The molecule has 1 unspecified atom stereocenters. The summed E-state index contributed by atoms with van der Waals surface area (Å²) < 4.78 is 46.3. The maximum atomic E-state index is 11.8. The molecule has 0 spiro atoms. The lowest BCUT2D eigenvalue weighted by atomic mass is 10.2. The van der Waals surface area contributed by atoms with Crippen LogP contribution in [0.2, 0.25) is 0 Å². The van der Waals surface area contributed by atoms with Crippen molar-refractivity contribution in [3.05, 3.63) is 0 Å². The Morgan fingerprint density at radius 3 is 2.20 bits per heavy atom. The Balaban J connectivity index is 4.58. The summed E-state index contributed by atoms with van der Waals surface area (Å²) in [5.74, 6) is -2.24. The van der Waals surface area contributed by atoms with Crippen molar-refractivity contribution in [2.45, 2.75) is 37.9 Å². The van der Waals surface area contributed by atoms with Crippen molar-refractivity contribution < 1.29 is 27.1 Å². The van der Waals surface area contributed by atoms with Crippen molar-refractivity contribution >= 4 is 15.8 Å². The number of sulfone groups is 1. The Labute approximate surface area is 87.2 Å². The van der Waals surface area contributed by atoms with E-state index >= 15 is 0 Å². The van der Waals surface area contributed by atoms with E-state index < -0.39 is 39.7 Å². The van der Waals surface area contributed by atoms with Crippen molar-refractivity contribution in [3.8, 4) is 0 Å². The quantitative estimate of drug-likeness (QED) is 0.733. The first-order chi connectivity index (χ1) is 6.81. The van der Waals surface area contributed by atoms with Gasteiger partial charge >= 0.3 is 5.97 Å². The first-order valence-corrected chi connectivity index (χ1v) is 6.25. The van der Waals surface area contributed by atoms with Gasteiger partial charge < -0.3 is 5.11 Å². The van der Waals surface area contributed by atoms with Gasteiger partial charge in [-0.25, -0.2) is 17.2 Å². The molecular formula is C8H14F2O4S. The van der Waals surface area contributed by atoms with E-state index in [-0.39, 0.29) is 6.42 Å². The maximum absolute atomic E-state index is 11.8. The second-order valence-corrected chi connectivity index (χ2v) is 5.47. The number of aliphatic carboxylic acids is 1. The van der Waals surface area contributed by atoms with Gasteiger partial charge in [0.05, 0.1) is 5.75 Å². The molecule has 0 aliphatic carbocycles. The van der Waals surface area contributed by atoms with Crippen molar-refractivity contribution in [1.82, 2.24) is 0 Å². The smallest absolute Gasteiger partial charge is 0.321 e. The summed E-state index contributed by atoms with van der Waals surface area (Å²) in [4.78, 5) is 10.6. The fraction of sp³-hybridized carbons (Fsp3) is 0.875. The molecule has 0 saturated carbocycles. The molecule has 0 aliphatic rings. The molecule has 0 radical (unpaired) electrons. The summed E-state index contributed by atoms with van der Waals surface area (Å²) in [6.45, 7) is 1.64. The van der Waals surface area contributed by atoms with Crippen LogP contribution in [0, 0.1) is 0 Å². The van der Waals surface area contributed by atoms with Crippen LogP contribution in [0.3, 0.4) is 0 Å². The van der Waals surface area contributed by atoms with Crippen LogP contribution < -0.4 is 0 Å². The highest BCUT2D eigenvalue weighted by Crippen LogP contribution is 2.13. The van der Waals surface area contributed by atoms with Gasteiger partial charge in [0.15, 0.2) is 15.1 Å². The van der Waals surface area contributed by atoms with Gasteiger partial charge in [0.25, 0.3) is 0 Å². The van der Waals surface area contributed by atoms with E-state index in [1.807, 2.05) is 0 Å². The van der Waals surface area contributed by atoms with Crippen molar-refractivity contribution in [3.63, 3.8) is 0 Å². The maximum Gasteiger partial charge on any atom is 0.321 e. The van der Waals surface area contributed by atoms with Crippen LogP contribution in [0.5, 0.6) is 0 Å². The van der Waals surface area contributed by atoms with E-state index in [1.165, 1.54) is 0 Å². The van der Waals surface area contributed by atoms with E-state index in [4.69, 9.17) is 5.11 Å². The zero-order valence-corrected chi connectivity index (χ0v) is 9.14. The second-order valence-electron chi connectivity index (χ2n) is 3.16. The van der Waals surface area contributed by atoms with Crippen LogP contribution in [0.25, 0.3) is 0 Å². The fourth-order valence-electron chi connectivity index (χ4n) is 1.11. The number of carboxylic acid groups (broad SMARTS) is 1. The van der Waals surface area contributed by atoms with Gasteiger partial charge in [-0.1, -0.05) is 13.3 Å². The van der Waals surface area contributed by atoms with Crippen LogP contribution in [0.4, 0.5) is 8.78 Å². The van der Waals surface area contributed by atoms with Crippen molar-refractivity contribution in [1.29, 1.82) is 0 Å². The van der Waals surface area contributed by atoms with Crippen LogP contribution in [-0.2, 0) is 14.6 Å². The van der Waals surface area contributed by atoms with Gasteiger partial charge in [0.1, 0.15) is 0 Å². The second kappa shape index (κ2) is 5.99. The number of rotatable bonds is 7. The van der Waals surface area contributed by atoms with E-state index in [9.17, 15) is 22.0 Å². The number of hydrogen-bond acceptors (Lipinski definition) is 3. The zero-order valence-electron chi connectivity index (χ0n) is 8.32. The minimum absolute atomic E-state index is 0.0408. The third-order valence-electron chi connectivity index (χ3n) is 1.88. The molecule has 0 aromatic heterocycles. The fourth-order valence-corrected chi connectivity index (χ4v) is 2.81. The SMILES string of the molecule is CCCC(C(=O)O)S(=O)(=O)CCC(F)F. The number of alkyl halides is 2. The van der Waals surface area contributed by atoms with Gasteiger partial charge in [-0.05, 0) is 6.42 Å². The van der Waals surface area contributed by atoms with Crippen LogP contribution in [0.15, 0.2) is 0 Å². The topological polar surface area (TPSA) is 71.4 Å². The summed E-state index contributed by atoms with van der Waals surface area (Å²) in [5, 5.41) is 7.08. The summed E-state index contributed by atoms with van der Waals surface area (Å²) in [7, 11) is -3.96. The highest BCUT2D eigenvalue weighted by molar-refractivity contribution is 7.92. The number of halogens is 2. The largest absolute Gasteiger partial charge is 0.480 e. The Bertz CT molecular complexity index is 300. The minimum atomic E-state index is -3.96. The number of carboxylic acids is 1. The average Bonchev–Trinajstić information content (AvgIpc) is 2.10. The standard InChI is InChI=1S/C8H14F2O4S/c1-2-3-6(8(11)12)15(13,14)5-4-7(9)10/h6-7H,2-5H2,1H3,(H,11,12). The third-order valence-corrected chi connectivity index (χ3v) is 3.99. The van der Waals surface area contributed by atoms with E-state index in [2.05, 4.69) is 0 Å². The van der Waals surface area contributed by atoms with Crippen molar-refractivity contribution in [2.75, 3.05) is 5.75 Å². The van der Waals surface area contributed by atoms with E-state index in [0.29, 0.717) is 6.42 Å². The number of hydrogen-bond donors (Lipinski definition) is 1. The molecule has 7 heteroatoms. The highest BCUT2D eigenvalue weighted by atomic mass is 32.2. The predicted molar refractivity (Wildman–Crippen MR) is 50.7 cm³/mol. The first-order valence-electron chi connectivity index (χ1n) is 4.53. The molecule has 0 aromatic carbocycles. The van der Waals surface area contributed by atoms with Gasteiger partial charge in [-0.15, -0.1) is 0 Å². The molecule has 90 valence electrons. The van der Waals surface area contributed by atoms with Gasteiger partial charge in [0.2, 0.25) is 6.43 Å². The summed E-state index contributed by atoms with van der Waals surface area (Å²) >= 11 is 0. The summed E-state index contributed by atoms with van der Waals surface area (Å²) in [6.07, 6.45) is -3.20. The van der Waals surface area contributed by atoms with Gasteiger partial charge in [-0.2, -0.15) is 0 Å². The van der Waals surface area contributed by atoms with Crippen molar-refractivity contribution in [2.24, 2.45) is 0 Å². The lowest BCUT2D eigenvalue weighted by molar-refractivity contribution is -0.136. The Kier molecular flexibility index (Phi) is 5.71. The minimum Gasteiger partial charge on any atom is -0.480 e. The molecule has 0 heterocycles. The molecule has 0 rings (SSSR count). The molecule has 0 aliphatic heterocycles.